The Hall–Kier alpha value is -1.89. The van der Waals surface area contributed by atoms with Crippen LogP contribution in [0.1, 0.15) is 26.7 Å². The van der Waals surface area contributed by atoms with E-state index in [9.17, 15) is 4.79 Å². The second-order valence-electron chi connectivity index (χ2n) is 6.23. The van der Waals surface area contributed by atoms with Crippen LogP contribution >= 0.6 is 0 Å². The molecular weight excluding hydrogens is 292 g/mol. The maximum atomic E-state index is 11.8. The molecule has 7 nitrogen and oxygen atoms in total. The normalized spacial score (nSPS) is 18.7. The van der Waals surface area contributed by atoms with E-state index in [0.29, 0.717) is 31.0 Å². The number of nitrogens with zero attached hydrogens (tertiary/aromatic N) is 3. The molecule has 2 heterocycles. The molecule has 0 radical (unpaired) electrons. The summed E-state index contributed by atoms with van der Waals surface area (Å²) in [7, 11) is 0. The summed E-state index contributed by atoms with van der Waals surface area (Å²) in [5.41, 5.74) is 0. The molecule has 0 spiro atoms. The van der Waals surface area contributed by atoms with Crippen molar-refractivity contribution in [2.75, 3.05) is 38.0 Å². The first kappa shape index (κ1) is 17.5. The zero-order valence-electron chi connectivity index (χ0n) is 14.1. The zero-order valence-corrected chi connectivity index (χ0v) is 14.1. The van der Waals surface area contributed by atoms with Gasteiger partial charge < -0.3 is 20.9 Å². The van der Waals surface area contributed by atoms with Crippen molar-refractivity contribution in [1.82, 2.24) is 25.5 Å². The summed E-state index contributed by atoms with van der Waals surface area (Å²) in [5.74, 6) is 1.12. The molecule has 1 aliphatic rings. The minimum Gasteiger partial charge on any atom is -0.352 e. The summed E-state index contributed by atoms with van der Waals surface area (Å²) < 4.78 is 0. The van der Waals surface area contributed by atoms with Crippen molar-refractivity contribution in [2.45, 2.75) is 32.7 Å². The van der Waals surface area contributed by atoms with Crippen molar-refractivity contribution in [3.63, 3.8) is 0 Å². The molecule has 2 rings (SSSR count). The van der Waals surface area contributed by atoms with Gasteiger partial charge in [0.25, 0.3) is 0 Å². The number of hydrogen-bond donors (Lipinski definition) is 3. The zero-order chi connectivity index (χ0) is 16.5. The maximum absolute atomic E-state index is 11.8. The Balaban J connectivity index is 1.56. The summed E-state index contributed by atoms with van der Waals surface area (Å²) in [6.45, 7) is 8.58. The predicted molar refractivity (Wildman–Crippen MR) is 91.4 cm³/mol. The van der Waals surface area contributed by atoms with Crippen molar-refractivity contribution in [2.24, 2.45) is 5.92 Å². The topological polar surface area (TPSA) is 82.2 Å². The number of urea groups is 1. The lowest BCUT2D eigenvalue weighted by molar-refractivity contribution is 0.139. The van der Waals surface area contributed by atoms with Gasteiger partial charge in [-0.05, 0) is 45.2 Å². The number of piperidine rings is 1. The van der Waals surface area contributed by atoms with E-state index in [1.165, 1.54) is 19.4 Å². The Bertz CT molecular complexity index is 467. The summed E-state index contributed by atoms with van der Waals surface area (Å²) >= 11 is 0. The third-order valence-electron chi connectivity index (χ3n) is 4.09. The largest absolute Gasteiger partial charge is 0.352 e. The number of anilines is 1. The number of rotatable bonds is 7. The molecular formula is C16H28N6O. The molecule has 1 saturated heterocycles. The van der Waals surface area contributed by atoms with E-state index < -0.39 is 0 Å². The van der Waals surface area contributed by atoms with Gasteiger partial charge in [-0.25, -0.2) is 14.8 Å². The van der Waals surface area contributed by atoms with Gasteiger partial charge in [0, 0.05) is 44.6 Å². The Morgan fingerprint density at radius 2 is 2.09 bits per heavy atom. The van der Waals surface area contributed by atoms with Gasteiger partial charge >= 0.3 is 6.03 Å². The molecule has 1 fully saturated rings. The molecule has 1 aliphatic heterocycles. The maximum Gasteiger partial charge on any atom is 0.314 e. The standard InChI is InChI=1S/C16H28N6O/c1-13(2)22-10-3-5-14(12-22)11-21-16(23)20-9-8-19-15-17-6-4-7-18-15/h4,6-7,13-14H,3,5,8-12H2,1-2H3,(H,17,18,19)(H2,20,21,23). The first-order chi connectivity index (χ1) is 11.1. The number of nitrogens with one attached hydrogen (secondary N) is 3. The van der Waals surface area contributed by atoms with Crippen LogP contribution in [-0.4, -0.2) is 59.7 Å². The SMILES string of the molecule is CC(C)N1CCCC(CNC(=O)NCCNc2ncccn2)C1. The smallest absolute Gasteiger partial charge is 0.314 e. The number of carbonyl (C=O) groups is 1. The number of carbonyl (C=O) groups excluding carboxylic acids is 1. The van der Waals surface area contributed by atoms with E-state index in [0.717, 1.165) is 13.1 Å². The monoisotopic (exact) mass is 320 g/mol. The van der Waals surface area contributed by atoms with Crippen LogP contribution in [0.25, 0.3) is 0 Å². The van der Waals surface area contributed by atoms with Gasteiger partial charge in [-0.3, -0.25) is 0 Å². The van der Waals surface area contributed by atoms with Crippen molar-refractivity contribution in [3.05, 3.63) is 18.5 Å². The highest BCUT2D eigenvalue weighted by atomic mass is 16.2. The van der Waals surface area contributed by atoms with Gasteiger partial charge in [-0.2, -0.15) is 0 Å². The first-order valence-corrected chi connectivity index (χ1v) is 8.42. The molecule has 0 aromatic carbocycles. The fourth-order valence-electron chi connectivity index (χ4n) is 2.77. The first-order valence-electron chi connectivity index (χ1n) is 8.42. The highest BCUT2D eigenvalue weighted by Crippen LogP contribution is 2.17. The van der Waals surface area contributed by atoms with Gasteiger partial charge in [0.1, 0.15) is 0 Å². The van der Waals surface area contributed by atoms with Crippen LogP contribution in [0.4, 0.5) is 10.7 Å². The lowest BCUT2D eigenvalue weighted by Gasteiger charge is -2.35. The Morgan fingerprint density at radius 3 is 2.83 bits per heavy atom. The minimum atomic E-state index is -0.109. The second kappa shape index (κ2) is 9.29. The molecule has 7 heteroatoms. The average Bonchev–Trinajstić information content (AvgIpc) is 2.58. The van der Waals surface area contributed by atoms with Crippen LogP contribution in [0.3, 0.4) is 0 Å². The van der Waals surface area contributed by atoms with E-state index in [-0.39, 0.29) is 6.03 Å². The van der Waals surface area contributed by atoms with Gasteiger partial charge in [0.15, 0.2) is 0 Å². The van der Waals surface area contributed by atoms with Gasteiger partial charge in [0.2, 0.25) is 5.95 Å². The predicted octanol–water partition coefficient (Wildman–Crippen LogP) is 1.31. The van der Waals surface area contributed by atoms with Crippen molar-refractivity contribution in [1.29, 1.82) is 0 Å². The quantitative estimate of drug-likeness (QED) is 0.660. The van der Waals surface area contributed by atoms with Crippen molar-refractivity contribution < 1.29 is 4.79 Å². The van der Waals surface area contributed by atoms with E-state index in [2.05, 4.69) is 44.7 Å². The van der Waals surface area contributed by atoms with Crippen molar-refractivity contribution >= 4 is 12.0 Å². The second-order valence-corrected chi connectivity index (χ2v) is 6.23. The Kier molecular flexibility index (Phi) is 7.06. The van der Waals surface area contributed by atoms with E-state index in [1.54, 1.807) is 18.5 Å². The van der Waals surface area contributed by atoms with Crippen LogP contribution in [0.2, 0.25) is 0 Å². The number of likely N-dealkylation sites (tertiary alicyclic amines) is 1. The number of amides is 2. The molecule has 0 saturated carbocycles. The summed E-state index contributed by atoms with van der Waals surface area (Å²) in [6, 6.07) is 2.24. The lowest BCUT2D eigenvalue weighted by atomic mass is 9.97. The molecule has 128 valence electrons. The number of aromatic nitrogens is 2. The van der Waals surface area contributed by atoms with Crippen LogP contribution in [0.15, 0.2) is 18.5 Å². The average molecular weight is 320 g/mol. The Labute approximate surface area is 138 Å². The van der Waals surface area contributed by atoms with Crippen LogP contribution in [-0.2, 0) is 0 Å². The fourth-order valence-corrected chi connectivity index (χ4v) is 2.77. The molecule has 3 N–H and O–H groups in total. The van der Waals surface area contributed by atoms with Gasteiger partial charge in [-0.1, -0.05) is 0 Å². The van der Waals surface area contributed by atoms with Crippen molar-refractivity contribution in [3.8, 4) is 0 Å². The molecule has 2 amide bonds. The van der Waals surface area contributed by atoms with Gasteiger partial charge in [-0.15, -0.1) is 0 Å². The highest BCUT2D eigenvalue weighted by molar-refractivity contribution is 5.73. The molecule has 1 aromatic rings. The molecule has 0 bridgehead atoms. The summed E-state index contributed by atoms with van der Waals surface area (Å²) in [6.07, 6.45) is 5.77. The summed E-state index contributed by atoms with van der Waals surface area (Å²) in [4.78, 5) is 22.4. The Morgan fingerprint density at radius 1 is 1.30 bits per heavy atom. The molecule has 1 unspecified atom stereocenters. The lowest BCUT2D eigenvalue weighted by Crippen LogP contribution is -2.46. The number of hydrogen-bond acceptors (Lipinski definition) is 5. The molecule has 1 atom stereocenters. The van der Waals surface area contributed by atoms with Crippen LogP contribution in [0, 0.1) is 5.92 Å². The minimum absolute atomic E-state index is 0.109. The molecule has 1 aromatic heterocycles. The molecule has 0 aliphatic carbocycles. The third-order valence-corrected chi connectivity index (χ3v) is 4.09. The van der Waals surface area contributed by atoms with E-state index in [4.69, 9.17) is 0 Å². The fraction of sp³-hybridized carbons (Fsp3) is 0.688. The van der Waals surface area contributed by atoms with Gasteiger partial charge in [0.05, 0.1) is 0 Å². The molecule has 23 heavy (non-hydrogen) atoms. The van der Waals surface area contributed by atoms with E-state index in [1.807, 2.05) is 0 Å². The van der Waals surface area contributed by atoms with Crippen LogP contribution in [0.5, 0.6) is 0 Å². The van der Waals surface area contributed by atoms with Crippen LogP contribution < -0.4 is 16.0 Å². The summed E-state index contributed by atoms with van der Waals surface area (Å²) in [5, 5.41) is 8.87. The highest BCUT2D eigenvalue weighted by Gasteiger charge is 2.21. The van der Waals surface area contributed by atoms with E-state index >= 15 is 0 Å². The third kappa shape index (κ3) is 6.40.